The third-order valence-electron chi connectivity index (χ3n) is 3.20. The molecule has 2 nitrogen and oxygen atoms in total. The van der Waals surface area contributed by atoms with E-state index in [2.05, 4.69) is 37.3 Å². The first-order valence-electron chi connectivity index (χ1n) is 6.65. The van der Waals surface area contributed by atoms with E-state index in [4.69, 9.17) is 9.47 Å². The van der Waals surface area contributed by atoms with Gasteiger partial charge in [0.25, 0.3) is 0 Å². The first-order valence-corrected chi connectivity index (χ1v) is 6.65. The lowest BCUT2D eigenvalue weighted by Crippen LogP contribution is -2.26. The van der Waals surface area contributed by atoms with Gasteiger partial charge in [0.15, 0.2) is 6.29 Å². The zero-order valence-corrected chi connectivity index (χ0v) is 10.6. The molecule has 2 heteroatoms. The Hall–Kier alpha value is -0.860. The Bertz CT molecular complexity index is 304. The second kappa shape index (κ2) is 6.77. The molecule has 0 amide bonds. The number of ether oxygens (including phenoxy) is 2. The van der Waals surface area contributed by atoms with Gasteiger partial charge in [-0.1, -0.05) is 30.3 Å². The van der Waals surface area contributed by atoms with E-state index in [0.717, 1.165) is 25.9 Å². The van der Waals surface area contributed by atoms with Crippen molar-refractivity contribution in [2.75, 3.05) is 6.61 Å². The second-order valence-corrected chi connectivity index (χ2v) is 4.77. The molecule has 0 saturated carbocycles. The molecule has 94 valence electrons. The first-order chi connectivity index (χ1) is 8.34. The van der Waals surface area contributed by atoms with Crippen LogP contribution < -0.4 is 0 Å². The van der Waals surface area contributed by atoms with Gasteiger partial charge in [-0.15, -0.1) is 0 Å². The van der Waals surface area contributed by atoms with E-state index in [1.54, 1.807) is 0 Å². The fourth-order valence-corrected chi connectivity index (χ4v) is 2.16. The quantitative estimate of drug-likeness (QED) is 0.775. The summed E-state index contributed by atoms with van der Waals surface area (Å²) >= 11 is 0. The Labute approximate surface area is 104 Å². The highest BCUT2D eigenvalue weighted by Crippen LogP contribution is 2.17. The molecule has 1 heterocycles. The topological polar surface area (TPSA) is 18.5 Å². The predicted molar refractivity (Wildman–Crippen MR) is 68.9 cm³/mol. The summed E-state index contributed by atoms with van der Waals surface area (Å²) in [4.78, 5) is 0. The van der Waals surface area contributed by atoms with Crippen molar-refractivity contribution in [3.8, 4) is 0 Å². The molecule has 1 aromatic carbocycles. The van der Waals surface area contributed by atoms with Crippen LogP contribution in [0.1, 0.15) is 38.2 Å². The Kier molecular flexibility index (Phi) is 5.02. The number of benzene rings is 1. The van der Waals surface area contributed by atoms with E-state index < -0.39 is 0 Å². The third-order valence-corrected chi connectivity index (χ3v) is 3.20. The molecule has 0 radical (unpaired) electrons. The maximum Gasteiger partial charge on any atom is 0.157 e. The van der Waals surface area contributed by atoms with Crippen LogP contribution in [-0.2, 0) is 15.9 Å². The molecule has 2 rings (SSSR count). The molecule has 0 aromatic heterocycles. The van der Waals surface area contributed by atoms with E-state index in [9.17, 15) is 0 Å². The van der Waals surface area contributed by atoms with E-state index in [0.29, 0.717) is 0 Å². The van der Waals surface area contributed by atoms with Gasteiger partial charge in [-0.05, 0) is 44.6 Å². The predicted octanol–water partition coefficient (Wildman–Crippen LogP) is 3.55. The van der Waals surface area contributed by atoms with E-state index in [-0.39, 0.29) is 12.4 Å². The lowest BCUT2D eigenvalue weighted by Gasteiger charge is -2.26. The standard InChI is InChI=1S/C15H22O2/c1-13(17-15-9-5-6-12-16-15)10-11-14-7-3-2-4-8-14/h2-4,7-8,13,15H,5-6,9-12H2,1H3. The zero-order valence-electron chi connectivity index (χ0n) is 10.6. The minimum Gasteiger partial charge on any atom is -0.353 e. The number of aryl methyl sites for hydroxylation is 1. The largest absolute Gasteiger partial charge is 0.353 e. The van der Waals surface area contributed by atoms with Crippen LogP contribution in [0, 0.1) is 0 Å². The Morgan fingerprint density at radius 1 is 1.29 bits per heavy atom. The van der Waals surface area contributed by atoms with Gasteiger partial charge in [0.1, 0.15) is 0 Å². The summed E-state index contributed by atoms with van der Waals surface area (Å²) in [5, 5.41) is 0. The van der Waals surface area contributed by atoms with Crippen LogP contribution in [0.5, 0.6) is 0 Å². The molecular formula is C15H22O2. The highest BCUT2D eigenvalue weighted by atomic mass is 16.7. The summed E-state index contributed by atoms with van der Waals surface area (Å²) in [6, 6.07) is 10.6. The van der Waals surface area contributed by atoms with Gasteiger partial charge in [0.05, 0.1) is 6.10 Å². The van der Waals surface area contributed by atoms with Gasteiger partial charge < -0.3 is 9.47 Å². The molecule has 17 heavy (non-hydrogen) atoms. The van der Waals surface area contributed by atoms with Gasteiger partial charge in [0, 0.05) is 6.61 Å². The molecule has 0 aliphatic carbocycles. The monoisotopic (exact) mass is 234 g/mol. The van der Waals surface area contributed by atoms with Gasteiger partial charge in [-0.3, -0.25) is 0 Å². The van der Waals surface area contributed by atoms with Crippen LogP contribution in [0.3, 0.4) is 0 Å². The van der Waals surface area contributed by atoms with Crippen LogP contribution in [0.15, 0.2) is 30.3 Å². The summed E-state index contributed by atoms with van der Waals surface area (Å²) in [5.74, 6) is 0. The fraction of sp³-hybridized carbons (Fsp3) is 0.600. The molecule has 2 atom stereocenters. The minimum absolute atomic E-state index is 0.0366. The van der Waals surface area contributed by atoms with E-state index in [1.165, 1.54) is 18.4 Å². The van der Waals surface area contributed by atoms with Crippen molar-refractivity contribution in [3.63, 3.8) is 0 Å². The van der Waals surface area contributed by atoms with Crippen molar-refractivity contribution < 1.29 is 9.47 Å². The molecule has 0 N–H and O–H groups in total. The molecule has 2 unspecified atom stereocenters. The SMILES string of the molecule is CC(CCc1ccccc1)OC1CCCCO1. The van der Waals surface area contributed by atoms with E-state index in [1.807, 2.05) is 0 Å². The summed E-state index contributed by atoms with van der Waals surface area (Å²) < 4.78 is 11.5. The van der Waals surface area contributed by atoms with Crippen LogP contribution >= 0.6 is 0 Å². The van der Waals surface area contributed by atoms with Crippen molar-refractivity contribution in [1.29, 1.82) is 0 Å². The summed E-state index contributed by atoms with van der Waals surface area (Å²) in [6.45, 7) is 3.00. The molecular weight excluding hydrogens is 212 g/mol. The third kappa shape index (κ3) is 4.49. The van der Waals surface area contributed by atoms with Crippen molar-refractivity contribution in [2.24, 2.45) is 0 Å². The molecule has 1 aliphatic heterocycles. The number of hydrogen-bond donors (Lipinski definition) is 0. The maximum atomic E-state index is 5.89. The minimum atomic E-state index is 0.0366. The number of hydrogen-bond acceptors (Lipinski definition) is 2. The highest BCUT2D eigenvalue weighted by molar-refractivity contribution is 5.14. The lowest BCUT2D eigenvalue weighted by atomic mass is 10.1. The van der Waals surface area contributed by atoms with Crippen molar-refractivity contribution in [3.05, 3.63) is 35.9 Å². The zero-order chi connectivity index (χ0) is 11.9. The lowest BCUT2D eigenvalue weighted by molar-refractivity contribution is -0.185. The average molecular weight is 234 g/mol. The van der Waals surface area contributed by atoms with Gasteiger partial charge >= 0.3 is 0 Å². The molecule has 0 spiro atoms. The molecule has 1 aromatic rings. The number of rotatable bonds is 5. The normalized spacial score (nSPS) is 22.3. The van der Waals surface area contributed by atoms with Gasteiger partial charge in [0.2, 0.25) is 0 Å². The van der Waals surface area contributed by atoms with Crippen molar-refractivity contribution >= 4 is 0 Å². The molecule has 1 aliphatic rings. The molecule has 1 fully saturated rings. The van der Waals surface area contributed by atoms with Crippen LogP contribution in [0.25, 0.3) is 0 Å². The first kappa shape index (κ1) is 12.6. The smallest absolute Gasteiger partial charge is 0.157 e. The van der Waals surface area contributed by atoms with Crippen molar-refractivity contribution in [1.82, 2.24) is 0 Å². The fourth-order valence-electron chi connectivity index (χ4n) is 2.16. The highest BCUT2D eigenvalue weighted by Gasteiger charge is 2.16. The summed E-state index contributed by atoms with van der Waals surface area (Å²) in [6.07, 6.45) is 5.91. The summed E-state index contributed by atoms with van der Waals surface area (Å²) in [7, 11) is 0. The summed E-state index contributed by atoms with van der Waals surface area (Å²) in [5.41, 5.74) is 1.38. The van der Waals surface area contributed by atoms with Crippen LogP contribution in [0.2, 0.25) is 0 Å². The molecule has 0 bridgehead atoms. The Morgan fingerprint density at radius 2 is 2.12 bits per heavy atom. The molecule has 1 saturated heterocycles. The van der Waals surface area contributed by atoms with Gasteiger partial charge in [-0.25, -0.2) is 0 Å². The van der Waals surface area contributed by atoms with Gasteiger partial charge in [-0.2, -0.15) is 0 Å². The van der Waals surface area contributed by atoms with Crippen molar-refractivity contribution in [2.45, 2.75) is 51.4 Å². The second-order valence-electron chi connectivity index (χ2n) is 4.77. The van der Waals surface area contributed by atoms with Crippen LogP contribution in [-0.4, -0.2) is 19.0 Å². The average Bonchev–Trinajstić information content (AvgIpc) is 2.39. The Balaban J connectivity index is 1.68. The Morgan fingerprint density at radius 3 is 2.82 bits per heavy atom. The van der Waals surface area contributed by atoms with E-state index >= 15 is 0 Å². The maximum absolute atomic E-state index is 5.89. The van der Waals surface area contributed by atoms with Crippen LogP contribution in [0.4, 0.5) is 0 Å².